The highest BCUT2D eigenvalue weighted by Gasteiger charge is 2.20. The summed E-state index contributed by atoms with van der Waals surface area (Å²) < 4.78 is 0. The molecule has 1 aliphatic rings. The number of H-pyrrole nitrogens is 1. The Morgan fingerprint density at radius 2 is 1.57 bits per heavy atom. The van der Waals surface area contributed by atoms with Crippen LogP contribution in [0.2, 0.25) is 0 Å². The fourth-order valence-electron chi connectivity index (χ4n) is 3.97. The summed E-state index contributed by atoms with van der Waals surface area (Å²) in [6, 6.07) is 26.5. The highest BCUT2D eigenvalue weighted by atomic mass is 15.2. The van der Waals surface area contributed by atoms with Crippen LogP contribution in [-0.2, 0) is 19.4 Å². The summed E-state index contributed by atoms with van der Waals surface area (Å²) in [5.74, 6) is 0.722. The number of aromatic nitrogens is 3. The van der Waals surface area contributed by atoms with Gasteiger partial charge in [0, 0.05) is 18.2 Å². The number of hydrogen-bond donors (Lipinski definition) is 2. The van der Waals surface area contributed by atoms with E-state index < -0.39 is 0 Å². The molecule has 4 aromatic rings. The maximum Gasteiger partial charge on any atom is 0.180 e. The second kappa shape index (κ2) is 7.41. The van der Waals surface area contributed by atoms with E-state index in [1.807, 2.05) is 12.1 Å². The van der Waals surface area contributed by atoms with Gasteiger partial charge in [-0.15, -0.1) is 0 Å². The smallest absolute Gasteiger partial charge is 0.180 e. The molecule has 28 heavy (non-hydrogen) atoms. The Morgan fingerprint density at radius 1 is 0.821 bits per heavy atom. The van der Waals surface area contributed by atoms with Crippen molar-refractivity contribution in [1.82, 2.24) is 20.5 Å². The van der Waals surface area contributed by atoms with E-state index in [0.717, 1.165) is 30.8 Å². The first-order valence-electron chi connectivity index (χ1n) is 9.71. The summed E-state index contributed by atoms with van der Waals surface area (Å²) in [6.45, 7) is 0.899. The number of rotatable bonds is 5. The van der Waals surface area contributed by atoms with Gasteiger partial charge in [-0.25, -0.2) is 4.98 Å². The van der Waals surface area contributed by atoms with Gasteiger partial charge in [0.2, 0.25) is 0 Å². The van der Waals surface area contributed by atoms with Crippen LogP contribution in [0.4, 0.5) is 0 Å². The fourth-order valence-corrected chi connectivity index (χ4v) is 3.97. The van der Waals surface area contributed by atoms with E-state index in [-0.39, 0.29) is 0 Å². The van der Waals surface area contributed by atoms with Gasteiger partial charge in [-0.1, -0.05) is 66.7 Å². The molecule has 1 heterocycles. The van der Waals surface area contributed by atoms with Crippen molar-refractivity contribution in [3.63, 3.8) is 0 Å². The Kier molecular flexibility index (Phi) is 4.47. The van der Waals surface area contributed by atoms with Crippen molar-refractivity contribution in [2.45, 2.75) is 25.4 Å². The second-order valence-electron chi connectivity index (χ2n) is 7.36. The van der Waals surface area contributed by atoms with E-state index in [4.69, 9.17) is 0 Å². The van der Waals surface area contributed by atoms with Gasteiger partial charge in [0.15, 0.2) is 5.82 Å². The van der Waals surface area contributed by atoms with Crippen molar-refractivity contribution in [2.24, 2.45) is 0 Å². The maximum absolute atomic E-state index is 4.24. The van der Waals surface area contributed by atoms with Crippen molar-refractivity contribution in [1.29, 1.82) is 0 Å². The molecule has 1 aromatic heterocycles. The van der Waals surface area contributed by atoms with E-state index in [9.17, 15) is 0 Å². The van der Waals surface area contributed by atoms with E-state index in [2.05, 4.69) is 81.2 Å². The van der Waals surface area contributed by atoms with Crippen LogP contribution in [0.25, 0.3) is 22.5 Å². The summed E-state index contributed by atoms with van der Waals surface area (Å²) in [7, 11) is 0. The molecule has 0 fully saturated rings. The van der Waals surface area contributed by atoms with Gasteiger partial charge >= 0.3 is 0 Å². The van der Waals surface area contributed by atoms with Crippen molar-refractivity contribution in [3.05, 3.63) is 95.8 Å². The topological polar surface area (TPSA) is 53.6 Å². The molecule has 1 aliphatic carbocycles. The maximum atomic E-state index is 4.24. The molecule has 5 rings (SSSR count). The van der Waals surface area contributed by atoms with Crippen LogP contribution in [0, 0.1) is 0 Å². The van der Waals surface area contributed by atoms with Gasteiger partial charge in [0.25, 0.3) is 0 Å². The lowest BCUT2D eigenvalue weighted by Gasteiger charge is -2.12. The number of nitrogens with zero attached hydrogens (tertiary/aromatic N) is 2. The average Bonchev–Trinajstić information content (AvgIpc) is 3.42. The molecule has 0 saturated carbocycles. The van der Waals surface area contributed by atoms with Gasteiger partial charge in [0.05, 0.1) is 0 Å². The molecular formula is C24H22N4. The van der Waals surface area contributed by atoms with Gasteiger partial charge in [-0.2, -0.15) is 5.10 Å². The first-order chi connectivity index (χ1) is 13.8. The molecule has 3 aromatic carbocycles. The molecule has 0 unspecified atom stereocenters. The summed E-state index contributed by atoms with van der Waals surface area (Å²) in [5, 5.41) is 10.6. The van der Waals surface area contributed by atoms with Crippen molar-refractivity contribution in [3.8, 4) is 22.5 Å². The molecule has 0 aliphatic heterocycles. The van der Waals surface area contributed by atoms with Crippen LogP contribution in [0.15, 0.2) is 79.1 Å². The standard InChI is InChI=1S/C24H22N4/c1-2-5-21-14-23(13-20(21)4-1)25-15-17-8-10-18(11-9-17)19-6-3-7-22(12-19)24-26-16-27-28-24/h1-12,16,23,25H,13-15H2,(H,26,27,28). The lowest BCUT2D eigenvalue weighted by molar-refractivity contribution is 0.533. The highest BCUT2D eigenvalue weighted by Crippen LogP contribution is 2.25. The highest BCUT2D eigenvalue weighted by molar-refractivity contribution is 5.70. The zero-order chi connectivity index (χ0) is 18.8. The third kappa shape index (κ3) is 3.47. The van der Waals surface area contributed by atoms with Crippen LogP contribution < -0.4 is 5.32 Å². The van der Waals surface area contributed by atoms with Crippen LogP contribution in [0.1, 0.15) is 16.7 Å². The molecule has 0 radical (unpaired) electrons. The quantitative estimate of drug-likeness (QED) is 0.551. The molecule has 0 bridgehead atoms. The monoisotopic (exact) mass is 366 g/mol. The van der Waals surface area contributed by atoms with Crippen LogP contribution >= 0.6 is 0 Å². The largest absolute Gasteiger partial charge is 0.309 e. The predicted molar refractivity (Wildman–Crippen MR) is 112 cm³/mol. The van der Waals surface area contributed by atoms with E-state index >= 15 is 0 Å². The van der Waals surface area contributed by atoms with E-state index in [1.54, 1.807) is 6.33 Å². The minimum Gasteiger partial charge on any atom is -0.309 e. The summed E-state index contributed by atoms with van der Waals surface area (Å²) in [6.07, 6.45) is 3.86. The lowest BCUT2D eigenvalue weighted by Crippen LogP contribution is -2.28. The van der Waals surface area contributed by atoms with Crippen LogP contribution in [0.5, 0.6) is 0 Å². The average molecular weight is 366 g/mol. The molecule has 0 saturated heterocycles. The zero-order valence-electron chi connectivity index (χ0n) is 15.6. The molecule has 4 heteroatoms. The molecular weight excluding hydrogens is 344 g/mol. The fraction of sp³-hybridized carbons (Fsp3) is 0.167. The van der Waals surface area contributed by atoms with Crippen LogP contribution in [0.3, 0.4) is 0 Å². The normalized spacial score (nSPS) is 13.6. The van der Waals surface area contributed by atoms with E-state index in [0.29, 0.717) is 6.04 Å². The molecule has 2 N–H and O–H groups in total. The van der Waals surface area contributed by atoms with Gasteiger partial charge in [-0.3, -0.25) is 5.10 Å². The third-order valence-electron chi connectivity index (χ3n) is 5.47. The summed E-state index contributed by atoms with van der Waals surface area (Å²) in [4.78, 5) is 4.24. The van der Waals surface area contributed by atoms with Crippen molar-refractivity contribution < 1.29 is 0 Å². The predicted octanol–water partition coefficient (Wildman–Crippen LogP) is 4.40. The molecule has 0 atom stereocenters. The Bertz CT molecular complexity index is 1040. The zero-order valence-corrected chi connectivity index (χ0v) is 15.6. The second-order valence-corrected chi connectivity index (χ2v) is 7.36. The Hall–Kier alpha value is -3.24. The Labute approximate surface area is 164 Å². The number of benzene rings is 3. The molecule has 0 spiro atoms. The summed E-state index contributed by atoms with van der Waals surface area (Å²) in [5.41, 5.74) is 7.68. The molecule has 4 nitrogen and oxygen atoms in total. The van der Waals surface area contributed by atoms with Gasteiger partial charge in [-0.05, 0) is 46.7 Å². The van der Waals surface area contributed by atoms with Crippen LogP contribution in [-0.4, -0.2) is 21.2 Å². The number of aromatic amines is 1. The number of nitrogens with one attached hydrogen (secondary N) is 2. The van der Waals surface area contributed by atoms with Crippen molar-refractivity contribution >= 4 is 0 Å². The number of hydrogen-bond acceptors (Lipinski definition) is 3. The van der Waals surface area contributed by atoms with Crippen molar-refractivity contribution in [2.75, 3.05) is 0 Å². The van der Waals surface area contributed by atoms with Gasteiger partial charge in [0.1, 0.15) is 6.33 Å². The third-order valence-corrected chi connectivity index (χ3v) is 5.47. The number of fused-ring (bicyclic) bond motifs is 1. The van der Waals surface area contributed by atoms with Gasteiger partial charge < -0.3 is 5.32 Å². The molecule has 138 valence electrons. The molecule has 0 amide bonds. The minimum atomic E-state index is 0.537. The lowest BCUT2D eigenvalue weighted by atomic mass is 10.0. The Morgan fingerprint density at radius 3 is 2.29 bits per heavy atom. The van der Waals surface area contributed by atoms with E-state index in [1.165, 1.54) is 27.8 Å². The Balaban J connectivity index is 1.25. The SMILES string of the molecule is c1cc(-c2ccc(CNC3Cc4ccccc4C3)cc2)cc(-c2nc[nH]n2)c1. The first-order valence-corrected chi connectivity index (χ1v) is 9.71. The minimum absolute atomic E-state index is 0.537. The first kappa shape index (κ1) is 16.9. The summed E-state index contributed by atoms with van der Waals surface area (Å²) >= 11 is 0.